The first-order valence-electron chi connectivity index (χ1n) is 8.42. The van der Waals surface area contributed by atoms with E-state index in [1.54, 1.807) is 6.07 Å². The van der Waals surface area contributed by atoms with E-state index in [0.717, 1.165) is 43.4 Å². The van der Waals surface area contributed by atoms with Crippen LogP contribution in [0.1, 0.15) is 24.1 Å². The molecule has 0 spiro atoms. The Morgan fingerprint density at radius 3 is 2.75 bits per heavy atom. The molecule has 4 rings (SSSR count). The molecule has 2 aliphatic heterocycles. The highest BCUT2D eigenvalue weighted by atomic mass is 15.3. The minimum atomic E-state index is 0.407. The molecule has 6 heteroatoms. The predicted molar refractivity (Wildman–Crippen MR) is 91.8 cm³/mol. The number of piperidine rings is 1. The Bertz CT molecular complexity index is 766. The zero-order chi connectivity index (χ0) is 16.5. The Morgan fingerprint density at radius 1 is 1.17 bits per heavy atom. The van der Waals surface area contributed by atoms with E-state index in [2.05, 4.69) is 30.8 Å². The third kappa shape index (κ3) is 2.67. The number of hydrogen-bond acceptors (Lipinski definition) is 6. The van der Waals surface area contributed by atoms with Crippen molar-refractivity contribution in [2.24, 2.45) is 5.92 Å². The second-order valence-corrected chi connectivity index (χ2v) is 6.60. The summed E-state index contributed by atoms with van der Waals surface area (Å²) in [4.78, 5) is 18.1. The highest BCUT2D eigenvalue weighted by molar-refractivity contribution is 5.46. The van der Waals surface area contributed by atoms with Crippen LogP contribution in [0.15, 0.2) is 30.6 Å². The van der Waals surface area contributed by atoms with Crippen LogP contribution in [-0.4, -0.2) is 40.6 Å². The molecule has 0 saturated carbocycles. The standard InChI is InChI=1S/C18H20N6/c1-13-10-20-18(21-11-13)23-7-5-14-6-8-24(16(14)12-23)17-4-2-3-15(9-19)22-17/h2-4,10-11,14,16H,5-8,12H2,1H3. The van der Waals surface area contributed by atoms with Gasteiger partial charge in [-0.05, 0) is 43.4 Å². The molecule has 0 amide bonds. The van der Waals surface area contributed by atoms with Gasteiger partial charge in [0.05, 0.1) is 6.04 Å². The van der Waals surface area contributed by atoms with Crippen LogP contribution < -0.4 is 9.80 Å². The molecule has 4 heterocycles. The Balaban J connectivity index is 1.57. The number of aromatic nitrogens is 3. The smallest absolute Gasteiger partial charge is 0.225 e. The minimum Gasteiger partial charge on any atom is -0.352 e. The molecule has 24 heavy (non-hydrogen) atoms. The first-order valence-corrected chi connectivity index (χ1v) is 8.42. The predicted octanol–water partition coefficient (Wildman–Crippen LogP) is 2.16. The average Bonchev–Trinajstić information content (AvgIpc) is 3.05. The summed E-state index contributed by atoms with van der Waals surface area (Å²) in [7, 11) is 0. The monoisotopic (exact) mass is 320 g/mol. The molecule has 2 fully saturated rings. The van der Waals surface area contributed by atoms with Crippen molar-refractivity contribution in [2.45, 2.75) is 25.8 Å². The van der Waals surface area contributed by atoms with Gasteiger partial charge in [0.2, 0.25) is 5.95 Å². The van der Waals surface area contributed by atoms with E-state index in [-0.39, 0.29) is 0 Å². The van der Waals surface area contributed by atoms with Gasteiger partial charge in [0, 0.05) is 32.0 Å². The zero-order valence-electron chi connectivity index (χ0n) is 13.8. The summed E-state index contributed by atoms with van der Waals surface area (Å²) in [6.45, 7) is 4.91. The van der Waals surface area contributed by atoms with E-state index in [4.69, 9.17) is 5.26 Å². The van der Waals surface area contributed by atoms with Crippen molar-refractivity contribution in [3.63, 3.8) is 0 Å². The number of pyridine rings is 1. The third-order valence-corrected chi connectivity index (χ3v) is 5.06. The number of rotatable bonds is 2. The highest BCUT2D eigenvalue weighted by Crippen LogP contribution is 2.35. The summed E-state index contributed by atoms with van der Waals surface area (Å²) in [5, 5.41) is 9.09. The summed E-state index contributed by atoms with van der Waals surface area (Å²) in [5.74, 6) is 2.40. The van der Waals surface area contributed by atoms with Gasteiger partial charge in [-0.15, -0.1) is 0 Å². The lowest BCUT2D eigenvalue weighted by atomic mass is 9.92. The molecule has 0 N–H and O–H groups in total. The minimum absolute atomic E-state index is 0.407. The van der Waals surface area contributed by atoms with Crippen molar-refractivity contribution in [1.82, 2.24) is 15.0 Å². The molecule has 0 bridgehead atoms. The topological polar surface area (TPSA) is 68.9 Å². The lowest BCUT2D eigenvalue weighted by molar-refractivity contribution is 0.387. The van der Waals surface area contributed by atoms with Crippen LogP contribution in [0.4, 0.5) is 11.8 Å². The maximum absolute atomic E-state index is 9.09. The fourth-order valence-electron chi connectivity index (χ4n) is 3.80. The first kappa shape index (κ1) is 14.9. The maximum Gasteiger partial charge on any atom is 0.225 e. The van der Waals surface area contributed by atoms with Crippen molar-refractivity contribution in [3.8, 4) is 6.07 Å². The summed E-state index contributed by atoms with van der Waals surface area (Å²) < 4.78 is 0. The van der Waals surface area contributed by atoms with Gasteiger partial charge in [-0.2, -0.15) is 5.26 Å². The number of aryl methyl sites for hydroxylation is 1. The Kier molecular flexibility index (Phi) is 3.77. The van der Waals surface area contributed by atoms with Gasteiger partial charge >= 0.3 is 0 Å². The Hall–Kier alpha value is -2.68. The molecule has 2 unspecified atom stereocenters. The lowest BCUT2D eigenvalue weighted by Crippen LogP contribution is -2.49. The summed E-state index contributed by atoms with van der Waals surface area (Å²) in [5.41, 5.74) is 1.55. The molecule has 2 aliphatic rings. The first-order chi connectivity index (χ1) is 11.7. The zero-order valence-corrected chi connectivity index (χ0v) is 13.8. The SMILES string of the molecule is Cc1cnc(N2CCC3CCN(c4cccc(C#N)n4)C3C2)nc1. The van der Waals surface area contributed by atoms with Gasteiger partial charge in [0.25, 0.3) is 0 Å². The van der Waals surface area contributed by atoms with Gasteiger partial charge in [-0.3, -0.25) is 0 Å². The van der Waals surface area contributed by atoms with E-state index >= 15 is 0 Å². The molecule has 2 saturated heterocycles. The molecular weight excluding hydrogens is 300 g/mol. The van der Waals surface area contributed by atoms with Crippen molar-refractivity contribution in [3.05, 3.63) is 41.9 Å². The van der Waals surface area contributed by atoms with Crippen molar-refractivity contribution < 1.29 is 0 Å². The average molecular weight is 320 g/mol. The van der Waals surface area contributed by atoms with Gasteiger partial charge in [-0.25, -0.2) is 15.0 Å². The van der Waals surface area contributed by atoms with Crippen LogP contribution in [-0.2, 0) is 0 Å². The molecule has 2 atom stereocenters. The van der Waals surface area contributed by atoms with E-state index < -0.39 is 0 Å². The summed E-state index contributed by atoms with van der Waals surface area (Å²) in [6, 6.07) is 8.22. The molecule has 2 aromatic heterocycles. The number of fused-ring (bicyclic) bond motifs is 1. The van der Waals surface area contributed by atoms with E-state index in [1.165, 1.54) is 6.42 Å². The van der Waals surface area contributed by atoms with E-state index in [9.17, 15) is 0 Å². The number of nitriles is 1. The molecule has 0 radical (unpaired) electrons. The van der Waals surface area contributed by atoms with Crippen LogP contribution in [0.2, 0.25) is 0 Å². The van der Waals surface area contributed by atoms with E-state index in [1.807, 2.05) is 31.5 Å². The van der Waals surface area contributed by atoms with Gasteiger partial charge in [0.15, 0.2) is 0 Å². The molecule has 0 aliphatic carbocycles. The Labute approximate surface area is 141 Å². The fraction of sp³-hybridized carbons (Fsp3) is 0.444. The molecule has 122 valence electrons. The molecule has 6 nitrogen and oxygen atoms in total. The lowest BCUT2D eigenvalue weighted by Gasteiger charge is -2.38. The second kappa shape index (κ2) is 6.08. The Morgan fingerprint density at radius 2 is 1.96 bits per heavy atom. The van der Waals surface area contributed by atoms with Crippen LogP contribution in [0.5, 0.6) is 0 Å². The van der Waals surface area contributed by atoms with Gasteiger partial charge < -0.3 is 9.80 Å². The van der Waals surface area contributed by atoms with E-state index in [0.29, 0.717) is 17.7 Å². The largest absolute Gasteiger partial charge is 0.352 e. The van der Waals surface area contributed by atoms with Crippen LogP contribution >= 0.6 is 0 Å². The normalized spacial score (nSPS) is 23.0. The third-order valence-electron chi connectivity index (χ3n) is 5.06. The number of anilines is 2. The van der Waals surface area contributed by atoms with Crippen molar-refractivity contribution in [2.75, 3.05) is 29.4 Å². The summed E-state index contributed by atoms with van der Waals surface area (Å²) in [6.07, 6.45) is 6.08. The van der Waals surface area contributed by atoms with Gasteiger partial charge in [-0.1, -0.05) is 6.07 Å². The quantitative estimate of drug-likeness (QED) is 0.844. The molecule has 2 aromatic rings. The summed E-state index contributed by atoms with van der Waals surface area (Å²) >= 11 is 0. The number of hydrogen-bond donors (Lipinski definition) is 0. The van der Waals surface area contributed by atoms with Crippen LogP contribution in [0, 0.1) is 24.2 Å². The van der Waals surface area contributed by atoms with Crippen molar-refractivity contribution >= 4 is 11.8 Å². The van der Waals surface area contributed by atoms with Crippen molar-refractivity contribution in [1.29, 1.82) is 5.26 Å². The maximum atomic E-state index is 9.09. The van der Waals surface area contributed by atoms with Gasteiger partial charge in [0.1, 0.15) is 17.6 Å². The second-order valence-electron chi connectivity index (χ2n) is 6.60. The number of nitrogens with zero attached hydrogens (tertiary/aromatic N) is 6. The van der Waals surface area contributed by atoms with Crippen LogP contribution in [0.25, 0.3) is 0 Å². The molecule has 0 aromatic carbocycles. The highest BCUT2D eigenvalue weighted by Gasteiger charge is 2.39. The fourth-order valence-corrected chi connectivity index (χ4v) is 3.80. The van der Waals surface area contributed by atoms with Crippen LogP contribution in [0.3, 0.4) is 0 Å². The molecular formula is C18H20N6.